The molecule has 2 rings (SSSR count). The standard InChI is InChI=1S/C4H3N3O/c1-3-2-5-8-4(1)7-6-3/h1-2H,(H,6,7). The van der Waals surface area contributed by atoms with Crippen LogP contribution in [0.1, 0.15) is 5.69 Å². The summed E-state index contributed by atoms with van der Waals surface area (Å²) in [6, 6.07) is 1.77. The molecule has 0 saturated carbocycles. The summed E-state index contributed by atoms with van der Waals surface area (Å²) < 4.78 is 0. The van der Waals surface area contributed by atoms with Crippen molar-refractivity contribution in [2.75, 3.05) is 0 Å². The number of hydrogen-bond acceptors (Lipinski definition) is 3. The van der Waals surface area contributed by atoms with E-state index in [4.69, 9.17) is 0 Å². The molecular formula is C4H3N3O. The summed E-state index contributed by atoms with van der Waals surface area (Å²) in [5.74, 6) is 0.530. The van der Waals surface area contributed by atoms with E-state index in [2.05, 4.69) is 20.2 Å². The molecule has 0 spiro atoms. The van der Waals surface area contributed by atoms with Crippen molar-refractivity contribution in [2.45, 2.75) is 0 Å². The summed E-state index contributed by atoms with van der Waals surface area (Å²) in [5.41, 5.74) is 0.881. The molecule has 0 atom stereocenters. The lowest BCUT2D eigenvalue weighted by atomic mass is 10.5. The minimum Gasteiger partial charge on any atom is -0.335 e. The maximum Gasteiger partial charge on any atom is 0.267 e. The number of fused-ring (bicyclic) bond motifs is 2. The van der Waals surface area contributed by atoms with Gasteiger partial charge in [0, 0.05) is 6.07 Å². The van der Waals surface area contributed by atoms with Gasteiger partial charge in [-0.3, -0.25) is 5.10 Å². The molecule has 40 valence electrons. The topological polar surface area (TPSA) is 50.3 Å². The molecule has 0 unspecified atom stereocenters. The van der Waals surface area contributed by atoms with E-state index in [1.807, 2.05) is 0 Å². The van der Waals surface area contributed by atoms with Crippen LogP contribution in [0.15, 0.2) is 11.2 Å². The van der Waals surface area contributed by atoms with E-state index in [-0.39, 0.29) is 0 Å². The van der Waals surface area contributed by atoms with Gasteiger partial charge in [0.25, 0.3) is 5.88 Å². The second-order valence-electron chi connectivity index (χ2n) is 1.49. The molecule has 1 aromatic rings. The largest absolute Gasteiger partial charge is 0.335 e. The molecule has 1 aromatic heterocycles. The third-order valence-corrected chi connectivity index (χ3v) is 0.912. The summed E-state index contributed by atoms with van der Waals surface area (Å²) in [7, 11) is 0. The van der Waals surface area contributed by atoms with Crippen LogP contribution in [0, 0.1) is 0 Å². The van der Waals surface area contributed by atoms with Crippen LogP contribution in [0.2, 0.25) is 0 Å². The molecule has 0 amide bonds. The zero-order valence-corrected chi connectivity index (χ0v) is 3.96. The Morgan fingerprint density at radius 3 is 3.38 bits per heavy atom. The average Bonchev–Trinajstić information content (AvgIpc) is 2.12. The zero-order chi connectivity index (χ0) is 5.40. The van der Waals surface area contributed by atoms with Crippen LogP contribution in [0.5, 0.6) is 5.88 Å². The molecule has 0 radical (unpaired) electrons. The van der Waals surface area contributed by atoms with Crippen LogP contribution in [0.25, 0.3) is 0 Å². The van der Waals surface area contributed by atoms with Gasteiger partial charge in [0.05, 0.1) is 11.9 Å². The minimum absolute atomic E-state index is 0.530. The monoisotopic (exact) mass is 109 g/mol. The van der Waals surface area contributed by atoms with Crippen molar-refractivity contribution >= 4 is 6.21 Å². The molecule has 1 aliphatic heterocycles. The second-order valence-corrected chi connectivity index (χ2v) is 1.49. The Kier molecular flexibility index (Phi) is 0.498. The first-order valence-electron chi connectivity index (χ1n) is 2.21. The number of nitrogens with one attached hydrogen (secondary N) is 1. The number of H-pyrrole nitrogens is 1. The Balaban J connectivity index is 2.66. The molecule has 0 aromatic carbocycles. The molecule has 0 aliphatic carbocycles. The van der Waals surface area contributed by atoms with Crippen LogP contribution >= 0.6 is 0 Å². The smallest absolute Gasteiger partial charge is 0.267 e. The Morgan fingerprint density at radius 2 is 2.62 bits per heavy atom. The van der Waals surface area contributed by atoms with Crippen molar-refractivity contribution in [1.29, 1.82) is 0 Å². The van der Waals surface area contributed by atoms with Gasteiger partial charge in [-0.1, -0.05) is 5.16 Å². The molecule has 4 heteroatoms. The first-order valence-corrected chi connectivity index (χ1v) is 2.21. The first kappa shape index (κ1) is 3.65. The van der Waals surface area contributed by atoms with Gasteiger partial charge in [-0.15, -0.1) is 5.10 Å². The fourth-order valence-electron chi connectivity index (χ4n) is 0.567. The Hall–Kier alpha value is -1.32. The van der Waals surface area contributed by atoms with Gasteiger partial charge >= 0.3 is 0 Å². The van der Waals surface area contributed by atoms with Crippen molar-refractivity contribution in [3.05, 3.63) is 11.8 Å². The molecule has 2 heterocycles. The summed E-state index contributed by atoms with van der Waals surface area (Å²) in [5, 5.41) is 9.93. The summed E-state index contributed by atoms with van der Waals surface area (Å²) in [6.07, 6.45) is 1.57. The van der Waals surface area contributed by atoms with Crippen molar-refractivity contribution in [3.63, 3.8) is 0 Å². The van der Waals surface area contributed by atoms with E-state index < -0.39 is 0 Å². The second kappa shape index (κ2) is 1.09. The molecule has 0 saturated heterocycles. The number of oxime groups is 1. The molecule has 2 bridgehead atoms. The Labute approximate surface area is 45.2 Å². The summed E-state index contributed by atoms with van der Waals surface area (Å²) in [6.45, 7) is 0. The van der Waals surface area contributed by atoms with Crippen molar-refractivity contribution in [3.8, 4) is 5.88 Å². The third-order valence-electron chi connectivity index (χ3n) is 0.912. The fraction of sp³-hybridized carbons (Fsp3) is 0. The molecular weight excluding hydrogens is 106 g/mol. The van der Waals surface area contributed by atoms with Crippen LogP contribution in [0.3, 0.4) is 0 Å². The highest BCUT2D eigenvalue weighted by molar-refractivity contribution is 5.77. The van der Waals surface area contributed by atoms with E-state index >= 15 is 0 Å². The highest BCUT2D eigenvalue weighted by Crippen LogP contribution is 2.09. The van der Waals surface area contributed by atoms with Crippen LogP contribution < -0.4 is 4.84 Å². The zero-order valence-electron chi connectivity index (χ0n) is 3.96. The number of aromatic nitrogens is 2. The summed E-state index contributed by atoms with van der Waals surface area (Å²) >= 11 is 0. The highest BCUT2D eigenvalue weighted by atomic mass is 16.6. The third kappa shape index (κ3) is 0.339. The number of aromatic amines is 1. The molecule has 1 N–H and O–H groups in total. The number of hydrogen-bond donors (Lipinski definition) is 1. The fourth-order valence-corrected chi connectivity index (χ4v) is 0.567. The molecule has 1 aliphatic rings. The minimum atomic E-state index is 0.530. The summed E-state index contributed by atoms with van der Waals surface area (Å²) in [4.78, 5) is 4.65. The lowest BCUT2D eigenvalue weighted by Crippen LogP contribution is -1.87. The lowest BCUT2D eigenvalue weighted by Gasteiger charge is -1.90. The number of nitrogens with zero attached hydrogens (tertiary/aromatic N) is 2. The van der Waals surface area contributed by atoms with Gasteiger partial charge in [0.1, 0.15) is 0 Å². The van der Waals surface area contributed by atoms with E-state index in [1.165, 1.54) is 0 Å². The SMILES string of the molecule is C1=NOc2cc1[nH]n2. The quantitative estimate of drug-likeness (QED) is 0.515. The van der Waals surface area contributed by atoms with E-state index in [9.17, 15) is 0 Å². The highest BCUT2D eigenvalue weighted by Gasteiger charge is 2.02. The van der Waals surface area contributed by atoms with Gasteiger partial charge in [0.2, 0.25) is 0 Å². The van der Waals surface area contributed by atoms with Gasteiger partial charge in [-0.05, 0) is 0 Å². The van der Waals surface area contributed by atoms with E-state index in [0.717, 1.165) is 5.69 Å². The molecule has 4 nitrogen and oxygen atoms in total. The lowest BCUT2D eigenvalue weighted by molar-refractivity contribution is 0.329. The van der Waals surface area contributed by atoms with Crippen LogP contribution in [-0.4, -0.2) is 16.4 Å². The van der Waals surface area contributed by atoms with Crippen LogP contribution in [0.4, 0.5) is 0 Å². The average molecular weight is 109 g/mol. The van der Waals surface area contributed by atoms with Gasteiger partial charge in [-0.25, -0.2) is 0 Å². The van der Waals surface area contributed by atoms with Gasteiger partial charge in [-0.2, -0.15) is 0 Å². The normalized spacial score (nSPS) is 13.5. The van der Waals surface area contributed by atoms with Crippen LogP contribution in [-0.2, 0) is 0 Å². The predicted molar refractivity (Wildman–Crippen MR) is 26.8 cm³/mol. The van der Waals surface area contributed by atoms with Crippen molar-refractivity contribution in [2.24, 2.45) is 5.16 Å². The number of rotatable bonds is 0. The van der Waals surface area contributed by atoms with Crippen molar-refractivity contribution < 1.29 is 4.84 Å². The maximum atomic E-state index is 4.65. The Morgan fingerprint density at radius 1 is 1.62 bits per heavy atom. The molecule has 0 fully saturated rings. The van der Waals surface area contributed by atoms with Gasteiger partial charge in [0.15, 0.2) is 0 Å². The maximum absolute atomic E-state index is 4.65. The molecule has 8 heavy (non-hydrogen) atoms. The van der Waals surface area contributed by atoms with E-state index in [1.54, 1.807) is 12.3 Å². The van der Waals surface area contributed by atoms with E-state index in [0.29, 0.717) is 5.88 Å². The Bertz CT molecular complexity index is 227. The van der Waals surface area contributed by atoms with Gasteiger partial charge < -0.3 is 4.84 Å². The van der Waals surface area contributed by atoms with Crippen molar-refractivity contribution in [1.82, 2.24) is 10.2 Å². The predicted octanol–water partition coefficient (Wildman–Crippen LogP) is 0.136. The first-order chi connectivity index (χ1) is 3.95.